The molecule has 130 valence electrons. The predicted octanol–water partition coefficient (Wildman–Crippen LogP) is 4.33. The highest BCUT2D eigenvalue weighted by atomic mass is 16.4. The molecule has 0 atom stereocenters. The van der Waals surface area contributed by atoms with Crippen molar-refractivity contribution in [2.24, 2.45) is 0 Å². The van der Waals surface area contributed by atoms with E-state index in [4.69, 9.17) is 5.11 Å². The lowest BCUT2D eigenvalue weighted by Gasteiger charge is -2.08. The molecule has 0 radical (unpaired) electrons. The van der Waals surface area contributed by atoms with Crippen molar-refractivity contribution in [2.45, 2.75) is 6.92 Å². The van der Waals surface area contributed by atoms with E-state index in [0.717, 1.165) is 16.7 Å². The van der Waals surface area contributed by atoms with Crippen LogP contribution in [-0.2, 0) is 0 Å². The molecule has 0 aliphatic rings. The van der Waals surface area contributed by atoms with E-state index in [0.29, 0.717) is 5.56 Å². The van der Waals surface area contributed by atoms with Gasteiger partial charge < -0.3 is 15.3 Å². The third-order valence-corrected chi connectivity index (χ3v) is 4.15. The molecule has 0 fully saturated rings. The molecule has 0 aliphatic heterocycles. The third-order valence-electron chi connectivity index (χ3n) is 4.15. The van der Waals surface area contributed by atoms with Gasteiger partial charge in [-0.15, -0.1) is 0 Å². The van der Waals surface area contributed by atoms with Crippen LogP contribution in [0.15, 0.2) is 60.7 Å². The molecule has 0 heterocycles. The van der Waals surface area contributed by atoms with Gasteiger partial charge in [-0.1, -0.05) is 36.4 Å². The van der Waals surface area contributed by atoms with Crippen molar-refractivity contribution >= 4 is 11.8 Å². The number of Topliss-reactive ketones (excluding diaryl/α,β-unsaturated/α-hetero) is 1. The molecular formula is C21H16O5. The predicted molar refractivity (Wildman–Crippen MR) is 97.6 cm³/mol. The molecule has 0 aliphatic carbocycles. The molecule has 3 aromatic rings. The number of phenols is 2. The number of hydrogen-bond donors (Lipinski definition) is 3. The van der Waals surface area contributed by atoms with Gasteiger partial charge in [-0.05, 0) is 53.4 Å². The number of ketones is 1. The number of carboxylic acids is 1. The quantitative estimate of drug-likeness (QED) is 0.610. The Kier molecular flexibility index (Phi) is 4.45. The number of carboxylic acid groups (broad SMARTS) is 1. The van der Waals surface area contributed by atoms with Crippen LogP contribution in [0.2, 0.25) is 0 Å². The topological polar surface area (TPSA) is 94.8 Å². The zero-order chi connectivity index (χ0) is 18.8. The van der Waals surface area contributed by atoms with E-state index < -0.39 is 5.97 Å². The summed E-state index contributed by atoms with van der Waals surface area (Å²) in [5, 5.41) is 28.5. The minimum absolute atomic E-state index is 0.0526. The highest BCUT2D eigenvalue weighted by Gasteiger charge is 2.12. The van der Waals surface area contributed by atoms with Crippen molar-refractivity contribution in [1.29, 1.82) is 0 Å². The zero-order valence-corrected chi connectivity index (χ0v) is 13.9. The van der Waals surface area contributed by atoms with Crippen LogP contribution in [-0.4, -0.2) is 27.1 Å². The van der Waals surface area contributed by atoms with E-state index in [-0.39, 0.29) is 28.4 Å². The Morgan fingerprint density at radius 3 is 1.46 bits per heavy atom. The molecule has 0 spiro atoms. The van der Waals surface area contributed by atoms with Crippen LogP contribution in [0.4, 0.5) is 0 Å². The number of rotatable bonds is 4. The normalized spacial score (nSPS) is 10.5. The molecule has 0 aromatic heterocycles. The van der Waals surface area contributed by atoms with E-state index in [1.54, 1.807) is 18.2 Å². The third kappa shape index (κ3) is 3.28. The molecule has 0 unspecified atom stereocenters. The van der Waals surface area contributed by atoms with Gasteiger partial charge in [0.05, 0.1) is 5.56 Å². The summed E-state index contributed by atoms with van der Waals surface area (Å²) in [7, 11) is 0. The smallest absolute Gasteiger partial charge is 0.339 e. The molecular weight excluding hydrogens is 332 g/mol. The number of carbonyl (C=O) groups is 2. The monoisotopic (exact) mass is 348 g/mol. The van der Waals surface area contributed by atoms with Crippen LogP contribution < -0.4 is 0 Å². The van der Waals surface area contributed by atoms with Crippen LogP contribution in [0, 0.1) is 0 Å². The minimum atomic E-state index is -1.19. The van der Waals surface area contributed by atoms with E-state index >= 15 is 0 Å². The first-order valence-electron chi connectivity index (χ1n) is 7.88. The van der Waals surface area contributed by atoms with E-state index in [1.807, 2.05) is 24.3 Å². The van der Waals surface area contributed by atoms with Gasteiger partial charge in [0.2, 0.25) is 0 Å². The van der Waals surface area contributed by atoms with Gasteiger partial charge in [-0.3, -0.25) is 4.79 Å². The number of aromatic carboxylic acids is 1. The Bertz CT molecular complexity index is 921. The molecule has 5 heteroatoms. The fourth-order valence-electron chi connectivity index (χ4n) is 2.74. The lowest BCUT2D eigenvalue weighted by atomic mass is 9.97. The molecule has 26 heavy (non-hydrogen) atoms. The second-order valence-electron chi connectivity index (χ2n) is 5.90. The Morgan fingerprint density at radius 2 is 1.04 bits per heavy atom. The van der Waals surface area contributed by atoms with Gasteiger partial charge in [0.25, 0.3) is 0 Å². The molecule has 3 aromatic carbocycles. The maximum Gasteiger partial charge on any atom is 0.339 e. The van der Waals surface area contributed by atoms with Gasteiger partial charge >= 0.3 is 5.97 Å². The summed E-state index contributed by atoms with van der Waals surface area (Å²) in [6, 6.07) is 16.6. The van der Waals surface area contributed by atoms with Crippen LogP contribution in [0.25, 0.3) is 22.3 Å². The largest absolute Gasteiger partial charge is 0.507 e. The summed E-state index contributed by atoms with van der Waals surface area (Å²) < 4.78 is 0. The fraction of sp³-hybridized carbons (Fsp3) is 0.0476. The van der Waals surface area contributed by atoms with Crippen molar-refractivity contribution in [3.05, 3.63) is 71.8 Å². The average Bonchev–Trinajstić information content (AvgIpc) is 2.62. The number of hydrogen-bond acceptors (Lipinski definition) is 4. The molecule has 0 saturated carbocycles. The number of aromatic hydroxyl groups is 2. The van der Waals surface area contributed by atoms with Crippen LogP contribution in [0.5, 0.6) is 11.5 Å². The average molecular weight is 348 g/mol. The maximum atomic E-state index is 11.6. The van der Waals surface area contributed by atoms with E-state index in [1.165, 1.54) is 25.1 Å². The minimum Gasteiger partial charge on any atom is -0.507 e. The SMILES string of the molecule is CC(=O)c1cc(-c2ccc(-c3ccc(O)c(C(=O)O)c3)cc2)ccc1O. The summed E-state index contributed by atoms with van der Waals surface area (Å²) in [4.78, 5) is 22.7. The van der Waals surface area contributed by atoms with Crippen molar-refractivity contribution < 1.29 is 24.9 Å². The summed E-state index contributed by atoms with van der Waals surface area (Å²) in [6.07, 6.45) is 0. The first-order chi connectivity index (χ1) is 12.4. The standard InChI is InChI=1S/C21H16O5/c1-12(22)17-10-15(6-8-19(17)23)13-2-4-14(5-3-13)16-7-9-20(24)18(11-16)21(25)26/h2-11,23-24H,1H3,(H,25,26). The van der Waals surface area contributed by atoms with Gasteiger partial charge in [0.15, 0.2) is 5.78 Å². The van der Waals surface area contributed by atoms with Crippen LogP contribution >= 0.6 is 0 Å². The molecule has 5 nitrogen and oxygen atoms in total. The molecule has 0 bridgehead atoms. The maximum absolute atomic E-state index is 11.6. The van der Waals surface area contributed by atoms with Crippen molar-refractivity contribution in [3.8, 4) is 33.8 Å². The summed E-state index contributed by atoms with van der Waals surface area (Å²) in [6.45, 7) is 1.40. The summed E-state index contributed by atoms with van der Waals surface area (Å²) in [5.41, 5.74) is 3.21. The van der Waals surface area contributed by atoms with Gasteiger partial charge in [0.1, 0.15) is 17.1 Å². The Morgan fingerprint density at radius 1 is 0.654 bits per heavy atom. The van der Waals surface area contributed by atoms with Crippen molar-refractivity contribution in [1.82, 2.24) is 0 Å². The summed E-state index contributed by atoms with van der Waals surface area (Å²) >= 11 is 0. The van der Waals surface area contributed by atoms with Crippen molar-refractivity contribution in [2.75, 3.05) is 0 Å². The van der Waals surface area contributed by atoms with Crippen molar-refractivity contribution in [3.63, 3.8) is 0 Å². The highest BCUT2D eigenvalue weighted by molar-refractivity contribution is 5.98. The molecule has 3 rings (SSSR count). The Hall–Kier alpha value is -3.60. The zero-order valence-electron chi connectivity index (χ0n) is 13.9. The molecule has 3 N–H and O–H groups in total. The highest BCUT2D eigenvalue weighted by Crippen LogP contribution is 2.30. The summed E-state index contributed by atoms with van der Waals surface area (Å²) in [5.74, 6) is -1.74. The lowest BCUT2D eigenvalue weighted by Crippen LogP contribution is -1.97. The molecule has 0 saturated heterocycles. The van der Waals surface area contributed by atoms with Gasteiger partial charge in [-0.2, -0.15) is 0 Å². The fourth-order valence-corrected chi connectivity index (χ4v) is 2.74. The number of carbonyl (C=O) groups excluding carboxylic acids is 1. The Balaban J connectivity index is 1.97. The first kappa shape index (κ1) is 17.2. The number of benzene rings is 3. The number of phenolic OH excluding ortho intramolecular Hbond substituents is 1. The van der Waals surface area contributed by atoms with Crippen LogP contribution in [0.3, 0.4) is 0 Å². The first-order valence-corrected chi connectivity index (χ1v) is 7.88. The second kappa shape index (κ2) is 6.72. The van der Waals surface area contributed by atoms with Gasteiger partial charge in [0, 0.05) is 0 Å². The molecule has 0 amide bonds. The van der Waals surface area contributed by atoms with E-state index in [9.17, 15) is 19.8 Å². The van der Waals surface area contributed by atoms with Crippen LogP contribution in [0.1, 0.15) is 27.6 Å². The van der Waals surface area contributed by atoms with E-state index in [2.05, 4.69) is 0 Å². The Labute approximate surface area is 149 Å². The lowest BCUT2D eigenvalue weighted by molar-refractivity contribution is 0.0693. The van der Waals surface area contributed by atoms with Gasteiger partial charge in [-0.25, -0.2) is 4.79 Å². The second-order valence-corrected chi connectivity index (χ2v) is 5.90.